The molecule has 1 aliphatic rings. The second-order valence-electron chi connectivity index (χ2n) is 5.73. The smallest absolute Gasteiger partial charge is 0.376 e. The van der Waals surface area contributed by atoms with Crippen molar-refractivity contribution in [3.63, 3.8) is 0 Å². The van der Waals surface area contributed by atoms with E-state index < -0.39 is 17.6 Å². The molecular formula is C16H20F3N3O2. The molecule has 8 heteroatoms. The number of halogens is 3. The summed E-state index contributed by atoms with van der Waals surface area (Å²) in [6, 6.07) is 3.44. The van der Waals surface area contributed by atoms with E-state index in [0.29, 0.717) is 13.1 Å². The molecule has 5 nitrogen and oxygen atoms in total. The summed E-state index contributed by atoms with van der Waals surface area (Å²) >= 11 is 0. The number of amides is 2. The molecule has 24 heavy (non-hydrogen) atoms. The van der Waals surface area contributed by atoms with Crippen LogP contribution < -0.4 is 10.6 Å². The highest BCUT2D eigenvalue weighted by Crippen LogP contribution is 2.36. The first-order chi connectivity index (χ1) is 11.3. The number of nitrogens with one attached hydrogen (secondary N) is 2. The lowest BCUT2D eigenvalue weighted by Gasteiger charge is -2.27. The van der Waals surface area contributed by atoms with E-state index in [9.17, 15) is 22.8 Å². The second-order valence-corrected chi connectivity index (χ2v) is 5.73. The normalized spacial score (nSPS) is 15.1. The fraction of sp³-hybridized carbons (Fsp3) is 0.500. The van der Waals surface area contributed by atoms with Gasteiger partial charge in [-0.2, -0.15) is 13.2 Å². The Labute approximate surface area is 138 Å². The van der Waals surface area contributed by atoms with Crippen LogP contribution >= 0.6 is 0 Å². The number of benzene rings is 1. The summed E-state index contributed by atoms with van der Waals surface area (Å²) in [5.74, 6) is -0.669. The average Bonchev–Trinajstić information content (AvgIpc) is 2.52. The molecule has 1 saturated heterocycles. The van der Waals surface area contributed by atoms with Gasteiger partial charge in [0.15, 0.2) is 0 Å². The van der Waals surface area contributed by atoms with E-state index in [4.69, 9.17) is 0 Å². The van der Waals surface area contributed by atoms with E-state index >= 15 is 0 Å². The van der Waals surface area contributed by atoms with Crippen molar-refractivity contribution in [1.29, 1.82) is 0 Å². The minimum Gasteiger partial charge on any atom is -0.376 e. The van der Waals surface area contributed by atoms with Gasteiger partial charge < -0.3 is 15.5 Å². The van der Waals surface area contributed by atoms with E-state index in [1.807, 2.05) is 0 Å². The van der Waals surface area contributed by atoms with Crippen LogP contribution in [0, 0.1) is 0 Å². The number of likely N-dealkylation sites (tertiary alicyclic amines) is 1. The van der Waals surface area contributed by atoms with Gasteiger partial charge in [-0.05, 0) is 37.5 Å². The molecule has 0 aromatic heterocycles. The Hall–Kier alpha value is -2.25. The third-order valence-electron chi connectivity index (χ3n) is 3.78. The van der Waals surface area contributed by atoms with E-state index in [1.165, 1.54) is 19.1 Å². The van der Waals surface area contributed by atoms with E-state index in [1.54, 1.807) is 4.90 Å². The SMILES string of the molecule is CC(=O)Nc1ccc(NCC(=O)N2CCCCC2)c(C(F)(F)F)c1. The van der Waals surface area contributed by atoms with Crippen molar-refractivity contribution in [1.82, 2.24) is 4.90 Å². The summed E-state index contributed by atoms with van der Waals surface area (Å²) in [6.07, 6.45) is -1.68. The minimum absolute atomic E-state index is 0.0581. The summed E-state index contributed by atoms with van der Waals surface area (Å²) in [5.41, 5.74) is -1.04. The minimum atomic E-state index is -4.59. The zero-order valence-electron chi connectivity index (χ0n) is 13.4. The van der Waals surface area contributed by atoms with Gasteiger partial charge >= 0.3 is 6.18 Å². The van der Waals surface area contributed by atoms with Gasteiger partial charge in [0.2, 0.25) is 11.8 Å². The van der Waals surface area contributed by atoms with E-state index in [-0.39, 0.29) is 23.8 Å². The standard InChI is InChI=1S/C16H20F3N3O2/c1-11(23)21-12-5-6-14(13(9-12)16(17,18)19)20-10-15(24)22-7-3-2-4-8-22/h5-6,9,20H,2-4,7-8,10H2,1H3,(H,21,23). The van der Waals surface area contributed by atoms with Gasteiger partial charge in [0.05, 0.1) is 12.1 Å². The zero-order valence-corrected chi connectivity index (χ0v) is 13.4. The number of hydrogen-bond donors (Lipinski definition) is 2. The van der Waals surface area contributed by atoms with Gasteiger partial charge in [-0.15, -0.1) is 0 Å². The molecule has 1 aromatic carbocycles. The monoisotopic (exact) mass is 343 g/mol. The first-order valence-corrected chi connectivity index (χ1v) is 7.78. The molecular weight excluding hydrogens is 323 g/mol. The fourth-order valence-electron chi connectivity index (χ4n) is 2.64. The molecule has 1 aromatic rings. The van der Waals surface area contributed by atoms with Crippen LogP contribution in [-0.2, 0) is 15.8 Å². The van der Waals surface area contributed by atoms with Crippen molar-refractivity contribution < 1.29 is 22.8 Å². The lowest BCUT2D eigenvalue weighted by atomic mass is 10.1. The topological polar surface area (TPSA) is 61.4 Å². The van der Waals surface area contributed by atoms with Crippen molar-refractivity contribution >= 4 is 23.2 Å². The Morgan fingerprint density at radius 2 is 1.83 bits per heavy atom. The molecule has 2 N–H and O–H groups in total. The van der Waals surface area contributed by atoms with Gasteiger partial charge in [-0.1, -0.05) is 0 Å². The van der Waals surface area contributed by atoms with E-state index in [2.05, 4.69) is 10.6 Å². The molecule has 2 rings (SSSR count). The van der Waals surface area contributed by atoms with Crippen LogP contribution in [0.25, 0.3) is 0 Å². The number of rotatable bonds is 4. The lowest BCUT2D eigenvalue weighted by molar-refractivity contribution is -0.137. The molecule has 0 saturated carbocycles. The summed E-state index contributed by atoms with van der Waals surface area (Å²) < 4.78 is 39.6. The van der Waals surface area contributed by atoms with Gasteiger partial charge in [-0.25, -0.2) is 0 Å². The Morgan fingerprint density at radius 3 is 2.42 bits per heavy atom. The van der Waals surface area contributed by atoms with Gasteiger partial charge in [0.25, 0.3) is 0 Å². The highest BCUT2D eigenvalue weighted by molar-refractivity contribution is 5.89. The first kappa shape index (κ1) is 18.1. The van der Waals surface area contributed by atoms with Crippen LogP contribution in [0.5, 0.6) is 0 Å². The molecule has 1 aliphatic heterocycles. The highest BCUT2D eigenvalue weighted by atomic mass is 19.4. The molecule has 0 bridgehead atoms. The molecule has 0 atom stereocenters. The summed E-state index contributed by atoms with van der Waals surface area (Å²) in [7, 11) is 0. The highest BCUT2D eigenvalue weighted by Gasteiger charge is 2.34. The third kappa shape index (κ3) is 4.87. The summed E-state index contributed by atoms with van der Waals surface area (Å²) in [4.78, 5) is 24.7. The summed E-state index contributed by atoms with van der Waals surface area (Å²) in [6.45, 7) is 2.32. The molecule has 0 unspecified atom stereocenters. The number of carbonyl (C=O) groups excluding carboxylic acids is 2. The van der Waals surface area contributed by atoms with Crippen molar-refractivity contribution in [3.8, 4) is 0 Å². The maximum atomic E-state index is 13.2. The fourth-order valence-corrected chi connectivity index (χ4v) is 2.64. The van der Waals surface area contributed by atoms with Gasteiger partial charge in [-0.3, -0.25) is 9.59 Å². The quantitative estimate of drug-likeness (QED) is 0.883. The number of piperidine rings is 1. The Bertz CT molecular complexity index is 611. The van der Waals surface area contributed by atoms with Crippen LogP contribution in [0.1, 0.15) is 31.7 Å². The third-order valence-corrected chi connectivity index (χ3v) is 3.78. The molecule has 0 radical (unpaired) electrons. The Kier molecular flexibility index (Phi) is 5.69. The van der Waals surface area contributed by atoms with E-state index in [0.717, 1.165) is 25.3 Å². The number of nitrogens with zero attached hydrogens (tertiary/aromatic N) is 1. The predicted octanol–water partition coefficient (Wildman–Crippen LogP) is 3.09. The molecule has 1 heterocycles. The van der Waals surface area contributed by atoms with Crippen LogP contribution in [-0.4, -0.2) is 36.3 Å². The van der Waals surface area contributed by atoms with Gasteiger partial charge in [0, 0.05) is 31.4 Å². The van der Waals surface area contributed by atoms with Crippen molar-refractivity contribution in [3.05, 3.63) is 23.8 Å². The maximum Gasteiger partial charge on any atom is 0.418 e. The maximum absolute atomic E-state index is 13.2. The number of hydrogen-bond acceptors (Lipinski definition) is 3. The molecule has 132 valence electrons. The van der Waals surface area contributed by atoms with Crippen molar-refractivity contribution in [2.45, 2.75) is 32.4 Å². The van der Waals surface area contributed by atoms with Crippen LogP contribution in [0.3, 0.4) is 0 Å². The first-order valence-electron chi connectivity index (χ1n) is 7.78. The van der Waals surface area contributed by atoms with Gasteiger partial charge in [0.1, 0.15) is 0 Å². The number of alkyl halides is 3. The molecule has 0 aliphatic carbocycles. The van der Waals surface area contributed by atoms with Crippen LogP contribution in [0.4, 0.5) is 24.5 Å². The molecule has 0 spiro atoms. The second kappa shape index (κ2) is 7.55. The molecule has 2 amide bonds. The average molecular weight is 343 g/mol. The predicted molar refractivity (Wildman–Crippen MR) is 84.7 cm³/mol. The van der Waals surface area contributed by atoms with Crippen LogP contribution in [0.15, 0.2) is 18.2 Å². The van der Waals surface area contributed by atoms with Crippen molar-refractivity contribution in [2.24, 2.45) is 0 Å². The lowest BCUT2D eigenvalue weighted by Crippen LogP contribution is -2.39. The Balaban J connectivity index is 2.10. The zero-order chi connectivity index (χ0) is 17.7. The number of anilines is 2. The van der Waals surface area contributed by atoms with Crippen molar-refractivity contribution in [2.75, 3.05) is 30.3 Å². The number of carbonyl (C=O) groups is 2. The Morgan fingerprint density at radius 1 is 1.17 bits per heavy atom. The largest absolute Gasteiger partial charge is 0.418 e. The summed E-state index contributed by atoms with van der Waals surface area (Å²) in [5, 5.41) is 4.89. The van der Waals surface area contributed by atoms with Crippen LogP contribution in [0.2, 0.25) is 0 Å². The molecule has 1 fully saturated rings.